The minimum absolute atomic E-state index is 0.000132. The van der Waals surface area contributed by atoms with Gasteiger partial charge in [-0.1, -0.05) is 66.7 Å². The molecule has 1 N–H and O–H groups in total. The summed E-state index contributed by atoms with van der Waals surface area (Å²) in [5, 5.41) is 4.48. The van der Waals surface area contributed by atoms with Gasteiger partial charge in [-0.05, 0) is 29.1 Å². The fourth-order valence-electron chi connectivity index (χ4n) is 3.86. The zero-order valence-electron chi connectivity index (χ0n) is 16.7. The molecule has 4 nitrogen and oxygen atoms in total. The molecule has 4 aromatic carbocycles. The van der Waals surface area contributed by atoms with Gasteiger partial charge in [-0.25, -0.2) is 13.7 Å². The van der Waals surface area contributed by atoms with Crippen molar-refractivity contribution in [3.8, 4) is 0 Å². The van der Waals surface area contributed by atoms with Crippen molar-refractivity contribution in [3.63, 3.8) is 0 Å². The van der Waals surface area contributed by atoms with E-state index in [9.17, 15) is 18.4 Å². The Labute approximate surface area is 182 Å². The van der Waals surface area contributed by atoms with Crippen molar-refractivity contribution in [1.29, 1.82) is 0 Å². The quantitative estimate of drug-likeness (QED) is 0.438. The molecule has 6 heteroatoms. The molecule has 0 spiro atoms. The zero-order valence-corrected chi connectivity index (χ0v) is 16.7. The Morgan fingerprint density at radius 2 is 1.41 bits per heavy atom. The van der Waals surface area contributed by atoms with E-state index >= 15 is 0 Å². The predicted octanol–water partition coefficient (Wildman–Crippen LogP) is 5.51. The molecular weight excluding hydrogens is 410 g/mol. The normalized spacial score (nSPS) is 13.9. The highest BCUT2D eigenvalue weighted by Gasteiger charge is 2.40. The molecule has 5 rings (SSSR count). The SMILES string of the molecule is O=C1C(Nc2ccc(F)c(F)c2)=C(c2ccccc2)C(=O)N1c1cccc2ccccc12. The lowest BCUT2D eigenvalue weighted by Crippen LogP contribution is -2.32. The van der Waals surface area contributed by atoms with E-state index in [1.165, 1.54) is 6.07 Å². The van der Waals surface area contributed by atoms with Crippen LogP contribution in [0.4, 0.5) is 20.2 Å². The lowest BCUT2D eigenvalue weighted by molar-refractivity contribution is -0.120. The molecule has 1 aliphatic heterocycles. The Hall–Kier alpha value is -4.32. The summed E-state index contributed by atoms with van der Waals surface area (Å²) < 4.78 is 27.2. The van der Waals surface area contributed by atoms with Crippen molar-refractivity contribution in [3.05, 3.63) is 114 Å². The number of hydrogen-bond acceptors (Lipinski definition) is 3. The molecule has 156 valence electrons. The van der Waals surface area contributed by atoms with Crippen LogP contribution in [0.1, 0.15) is 5.56 Å². The molecule has 0 fully saturated rings. The molecule has 0 unspecified atom stereocenters. The van der Waals surface area contributed by atoms with Crippen LogP contribution in [0.3, 0.4) is 0 Å². The van der Waals surface area contributed by atoms with Gasteiger partial charge in [0, 0.05) is 17.1 Å². The minimum Gasteiger partial charge on any atom is -0.350 e. The van der Waals surface area contributed by atoms with Crippen LogP contribution in [0, 0.1) is 11.6 Å². The average molecular weight is 426 g/mol. The van der Waals surface area contributed by atoms with E-state index < -0.39 is 23.4 Å². The number of fused-ring (bicyclic) bond motifs is 1. The van der Waals surface area contributed by atoms with E-state index in [2.05, 4.69) is 5.32 Å². The Bertz CT molecular complexity index is 1410. The van der Waals surface area contributed by atoms with Gasteiger partial charge in [0.05, 0.1) is 11.3 Å². The van der Waals surface area contributed by atoms with Crippen molar-refractivity contribution < 1.29 is 18.4 Å². The van der Waals surface area contributed by atoms with Crippen LogP contribution in [0.2, 0.25) is 0 Å². The maximum absolute atomic E-state index is 13.8. The Balaban J connectivity index is 1.66. The van der Waals surface area contributed by atoms with Gasteiger partial charge in [-0.2, -0.15) is 0 Å². The molecule has 4 aromatic rings. The second-order valence-electron chi connectivity index (χ2n) is 7.31. The standard InChI is InChI=1S/C26H16F2N2O2/c27-20-14-13-18(15-21(20)28)29-24-23(17-8-2-1-3-9-17)25(31)30(26(24)32)22-12-6-10-16-7-4-5-11-19(16)22/h1-15,29H. The van der Waals surface area contributed by atoms with Crippen LogP contribution >= 0.6 is 0 Å². The number of nitrogens with one attached hydrogen (secondary N) is 1. The number of amides is 2. The van der Waals surface area contributed by atoms with Gasteiger partial charge in [0.2, 0.25) is 0 Å². The highest BCUT2D eigenvalue weighted by Crippen LogP contribution is 2.36. The lowest BCUT2D eigenvalue weighted by Gasteiger charge is -2.18. The van der Waals surface area contributed by atoms with Gasteiger partial charge >= 0.3 is 0 Å². The second-order valence-corrected chi connectivity index (χ2v) is 7.31. The maximum atomic E-state index is 13.8. The van der Waals surface area contributed by atoms with Crippen LogP contribution in [-0.2, 0) is 9.59 Å². The summed E-state index contributed by atoms with van der Waals surface area (Å²) in [6, 6.07) is 24.8. The van der Waals surface area contributed by atoms with Crippen molar-refractivity contribution in [2.75, 3.05) is 10.2 Å². The number of carbonyl (C=O) groups is 2. The van der Waals surface area contributed by atoms with E-state index in [1.54, 1.807) is 42.5 Å². The lowest BCUT2D eigenvalue weighted by atomic mass is 10.0. The third-order valence-electron chi connectivity index (χ3n) is 5.34. The molecule has 1 heterocycles. The summed E-state index contributed by atoms with van der Waals surface area (Å²) in [6.45, 7) is 0. The molecule has 0 bridgehead atoms. The number of hydrogen-bond donors (Lipinski definition) is 1. The van der Waals surface area contributed by atoms with Crippen LogP contribution in [0.15, 0.2) is 96.7 Å². The van der Waals surface area contributed by atoms with Crippen molar-refractivity contribution in [1.82, 2.24) is 0 Å². The van der Waals surface area contributed by atoms with E-state index in [0.29, 0.717) is 11.3 Å². The number of rotatable bonds is 4. The number of carbonyl (C=O) groups excluding carboxylic acids is 2. The van der Waals surface area contributed by atoms with E-state index in [4.69, 9.17) is 0 Å². The summed E-state index contributed by atoms with van der Waals surface area (Å²) in [5.41, 5.74) is 1.31. The number of imide groups is 1. The number of halogens is 2. The Kier molecular flexibility index (Phi) is 4.75. The maximum Gasteiger partial charge on any atom is 0.282 e. The van der Waals surface area contributed by atoms with E-state index in [0.717, 1.165) is 27.8 Å². The zero-order chi connectivity index (χ0) is 22.2. The Morgan fingerprint density at radius 1 is 0.688 bits per heavy atom. The van der Waals surface area contributed by atoms with Gasteiger partial charge in [0.25, 0.3) is 11.8 Å². The van der Waals surface area contributed by atoms with Crippen LogP contribution in [0.25, 0.3) is 16.3 Å². The highest BCUT2D eigenvalue weighted by molar-refractivity contribution is 6.47. The molecule has 2 amide bonds. The van der Waals surface area contributed by atoms with Crippen molar-refractivity contribution in [2.24, 2.45) is 0 Å². The van der Waals surface area contributed by atoms with Crippen LogP contribution < -0.4 is 10.2 Å². The fourth-order valence-corrected chi connectivity index (χ4v) is 3.86. The number of anilines is 2. The van der Waals surface area contributed by atoms with Crippen LogP contribution in [0.5, 0.6) is 0 Å². The molecule has 0 aromatic heterocycles. The topological polar surface area (TPSA) is 49.4 Å². The van der Waals surface area contributed by atoms with E-state index in [-0.39, 0.29) is 17.0 Å². The predicted molar refractivity (Wildman–Crippen MR) is 120 cm³/mol. The molecule has 0 aliphatic carbocycles. The van der Waals surface area contributed by atoms with Crippen LogP contribution in [-0.4, -0.2) is 11.8 Å². The number of nitrogens with zero attached hydrogens (tertiary/aromatic N) is 1. The molecule has 32 heavy (non-hydrogen) atoms. The Morgan fingerprint density at radius 3 is 2.19 bits per heavy atom. The number of benzene rings is 4. The summed E-state index contributed by atoms with van der Waals surface area (Å²) in [5.74, 6) is -3.13. The van der Waals surface area contributed by atoms with Crippen molar-refractivity contribution >= 4 is 39.5 Å². The first kappa shape index (κ1) is 19.6. The second kappa shape index (κ2) is 7.74. The molecule has 0 saturated carbocycles. The first-order chi connectivity index (χ1) is 15.5. The summed E-state index contributed by atoms with van der Waals surface area (Å²) in [4.78, 5) is 28.2. The molecule has 0 atom stereocenters. The summed E-state index contributed by atoms with van der Waals surface area (Å²) >= 11 is 0. The fraction of sp³-hybridized carbons (Fsp3) is 0. The first-order valence-electron chi connectivity index (χ1n) is 9.93. The van der Waals surface area contributed by atoms with Gasteiger partial charge in [-0.15, -0.1) is 0 Å². The molecule has 0 radical (unpaired) electrons. The van der Waals surface area contributed by atoms with Crippen molar-refractivity contribution in [2.45, 2.75) is 0 Å². The average Bonchev–Trinajstić information content (AvgIpc) is 3.05. The van der Waals surface area contributed by atoms with E-state index in [1.807, 2.05) is 30.3 Å². The molecule has 1 aliphatic rings. The van der Waals surface area contributed by atoms with Gasteiger partial charge in [0.1, 0.15) is 5.70 Å². The highest BCUT2D eigenvalue weighted by atomic mass is 19.2. The summed E-state index contributed by atoms with van der Waals surface area (Å²) in [7, 11) is 0. The first-order valence-corrected chi connectivity index (χ1v) is 9.93. The molecule has 0 saturated heterocycles. The monoisotopic (exact) mass is 426 g/mol. The molecular formula is C26H16F2N2O2. The van der Waals surface area contributed by atoms with Gasteiger partial charge in [-0.3, -0.25) is 9.59 Å². The third-order valence-corrected chi connectivity index (χ3v) is 5.34. The minimum atomic E-state index is -1.06. The summed E-state index contributed by atoms with van der Waals surface area (Å²) in [6.07, 6.45) is 0. The smallest absolute Gasteiger partial charge is 0.282 e. The third kappa shape index (κ3) is 3.22. The largest absolute Gasteiger partial charge is 0.350 e. The van der Waals surface area contributed by atoms with Gasteiger partial charge in [0.15, 0.2) is 11.6 Å². The van der Waals surface area contributed by atoms with Gasteiger partial charge < -0.3 is 5.32 Å².